The fraction of sp³-hybridized carbons (Fsp3) is 0.158. The second-order valence-corrected chi connectivity index (χ2v) is 5.84. The fourth-order valence-corrected chi connectivity index (χ4v) is 2.64. The number of carbonyl (C=O) groups is 1. The highest BCUT2D eigenvalue weighted by molar-refractivity contribution is 5.98. The van der Waals surface area contributed by atoms with Gasteiger partial charge >= 0.3 is 6.18 Å². The van der Waals surface area contributed by atoms with Crippen molar-refractivity contribution < 1.29 is 18.0 Å². The summed E-state index contributed by atoms with van der Waals surface area (Å²) < 4.78 is 40.0. The first-order chi connectivity index (χ1) is 13.3. The molecule has 3 rings (SSSR count). The van der Waals surface area contributed by atoms with E-state index >= 15 is 0 Å². The normalized spacial score (nSPS) is 12.2. The number of hydrogen-bond acceptors (Lipinski definition) is 4. The number of amides is 1. The highest BCUT2D eigenvalue weighted by Gasteiger charge is 2.40. The van der Waals surface area contributed by atoms with Crippen LogP contribution in [0.4, 0.5) is 13.2 Å². The smallest absolute Gasteiger partial charge is 0.329 e. The zero-order valence-electron chi connectivity index (χ0n) is 14.4. The molecular weight excluding hydrogens is 371 g/mol. The number of alkyl halides is 3. The molecule has 140 valence electrons. The molecule has 1 N–H and O–H groups in total. The molecule has 28 heavy (non-hydrogen) atoms. The molecule has 0 bridgehead atoms. The Kier molecular flexibility index (Phi) is 4.76. The quantitative estimate of drug-likeness (QED) is 0.705. The summed E-state index contributed by atoms with van der Waals surface area (Å²) in [4.78, 5) is 20.6. The number of nitriles is 1. The molecule has 6 nitrogen and oxygen atoms in total. The number of terminal acetylenes is 1. The van der Waals surface area contributed by atoms with Crippen molar-refractivity contribution in [2.24, 2.45) is 0 Å². The van der Waals surface area contributed by atoms with Gasteiger partial charge in [0.1, 0.15) is 6.33 Å². The van der Waals surface area contributed by atoms with Crippen molar-refractivity contribution in [3.63, 3.8) is 0 Å². The Hall–Kier alpha value is -3.85. The van der Waals surface area contributed by atoms with Crippen LogP contribution in [0.2, 0.25) is 0 Å². The van der Waals surface area contributed by atoms with E-state index < -0.39 is 18.1 Å². The van der Waals surface area contributed by atoms with Crippen LogP contribution in [0, 0.1) is 30.6 Å². The molecule has 2 heterocycles. The van der Waals surface area contributed by atoms with Gasteiger partial charge in [0.25, 0.3) is 5.91 Å². The van der Waals surface area contributed by atoms with E-state index in [1.807, 2.05) is 0 Å². The minimum absolute atomic E-state index is 0.0539. The van der Waals surface area contributed by atoms with Crippen LogP contribution in [-0.4, -0.2) is 32.5 Å². The number of benzene rings is 1. The molecule has 1 atom stereocenters. The maximum Gasteiger partial charge on any atom is 0.420 e. The van der Waals surface area contributed by atoms with Gasteiger partial charge in [-0.15, -0.1) is 6.42 Å². The largest absolute Gasteiger partial charge is 0.420 e. The Labute approximate surface area is 157 Å². The van der Waals surface area contributed by atoms with Crippen LogP contribution in [-0.2, 0) is 0 Å². The summed E-state index contributed by atoms with van der Waals surface area (Å²) in [6, 6.07) is 8.02. The van der Waals surface area contributed by atoms with Crippen LogP contribution in [0.3, 0.4) is 0 Å². The summed E-state index contributed by atoms with van der Waals surface area (Å²) >= 11 is 0. The van der Waals surface area contributed by atoms with E-state index in [1.165, 1.54) is 16.6 Å². The van der Waals surface area contributed by atoms with Crippen molar-refractivity contribution in [2.45, 2.75) is 19.1 Å². The van der Waals surface area contributed by atoms with Crippen LogP contribution >= 0.6 is 0 Å². The Balaban J connectivity index is 2.09. The lowest BCUT2D eigenvalue weighted by molar-refractivity contribution is -0.140. The molecule has 1 aromatic carbocycles. The summed E-state index contributed by atoms with van der Waals surface area (Å²) in [5, 5.41) is 11.0. The molecule has 0 spiro atoms. The third-order valence-electron chi connectivity index (χ3n) is 4.00. The van der Waals surface area contributed by atoms with Gasteiger partial charge in [0.2, 0.25) is 0 Å². The SMILES string of the molecule is C#C[C@H](NC(=O)c1ncn2c(C)cc(-c3ccccc3C#N)nc12)C(F)(F)F. The van der Waals surface area contributed by atoms with E-state index in [1.54, 1.807) is 42.6 Å². The summed E-state index contributed by atoms with van der Waals surface area (Å²) in [5.41, 5.74) is 1.67. The van der Waals surface area contributed by atoms with E-state index in [9.17, 15) is 23.2 Å². The first-order valence-electron chi connectivity index (χ1n) is 7.94. The van der Waals surface area contributed by atoms with Crippen molar-refractivity contribution in [2.75, 3.05) is 0 Å². The first kappa shape index (κ1) is 18.9. The van der Waals surface area contributed by atoms with Gasteiger partial charge in [0, 0.05) is 11.3 Å². The molecule has 1 amide bonds. The van der Waals surface area contributed by atoms with Crippen LogP contribution in [0.15, 0.2) is 36.7 Å². The molecule has 2 aromatic heterocycles. The van der Waals surface area contributed by atoms with Crippen molar-refractivity contribution in [3.05, 3.63) is 53.6 Å². The Bertz CT molecular complexity index is 1150. The average Bonchev–Trinajstić information content (AvgIpc) is 3.09. The highest BCUT2D eigenvalue weighted by atomic mass is 19.4. The zero-order valence-corrected chi connectivity index (χ0v) is 14.4. The monoisotopic (exact) mass is 383 g/mol. The number of halogens is 3. The molecular formula is C19H12F3N5O. The van der Waals surface area contributed by atoms with Crippen molar-refractivity contribution in [3.8, 4) is 29.7 Å². The summed E-state index contributed by atoms with van der Waals surface area (Å²) in [6.07, 6.45) is 1.36. The molecule has 0 aliphatic carbocycles. The first-order valence-corrected chi connectivity index (χ1v) is 7.94. The topological polar surface area (TPSA) is 83.1 Å². The van der Waals surface area contributed by atoms with Gasteiger partial charge in [-0.05, 0) is 19.1 Å². The molecule has 0 saturated heterocycles. The van der Waals surface area contributed by atoms with Gasteiger partial charge in [-0.1, -0.05) is 24.1 Å². The van der Waals surface area contributed by atoms with Crippen LogP contribution in [0.5, 0.6) is 0 Å². The molecule has 0 fully saturated rings. The molecule has 0 aliphatic heterocycles. The highest BCUT2D eigenvalue weighted by Crippen LogP contribution is 2.25. The Morgan fingerprint density at radius 3 is 2.71 bits per heavy atom. The van der Waals surface area contributed by atoms with Crippen LogP contribution in [0.1, 0.15) is 21.7 Å². The maximum atomic E-state index is 12.8. The van der Waals surface area contributed by atoms with Gasteiger partial charge in [-0.3, -0.25) is 9.20 Å². The number of aromatic nitrogens is 3. The van der Waals surface area contributed by atoms with E-state index in [0.717, 1.165) is 0 Å². The number of fused-ring (bicyclic) bond motifs is 1. The van der Waals surface area contributed by atoms with Gasteiger partial charge in [-0.2, -0.15) is 18.4 Å². The van der Waals surface area contributed by atoms with Gasteiger partial charge in [0.05, 0.1) is 17.3 Å². The number of nitrogens with zero attached hydrogens (tertiary/aromatic N) is 4. The Morgan fingerprint density at radius 2 is 2.07 bits per heavy atom. The fourth-order valence-electron chi connectivity index (χ4n) is 2.64. The molecule has 0 saturated carbocycles. The molecule has 0 radical (unpaired) electrons. The summed E-state index contributed by atoms with van der Waals surface area (Å²) in [5.74, 6) is 0.402. The van der Waals surface area contributed by atoms with E-state index in [2.05, 4.69) is 16.0 Å². The second-order valence-electron chi connectivity index (χ2n) is 5.84. The van der Waals surface area contributed by atoms with Crippen molar-refractivity contribution in [1.29, 1.82) is 5.26 Å². The van der Waals surface area contributed by atoms with Crippen LogP contribution in [0.25, 0.3) is 16.9 Å². The molecule has 3 aromatic rings. The third-order valence-corrected chi connectivity index (χ3v) is 4.00. The number of carbonyl (C=O) groups excluding carboxylic acids is 1. The number of nitrogens with one attached hydrogen (secondary N) is 1. The summed E-state index contributed by atoms with van der Waals surface area (Å²) in [7, 11) is 0. The number of hydrogen-bond donors (Lipinski definition) is 1. The molecule has 0 aliphatic rings. The lowest BCUT2D eigenvalue weighted by Gasteiger charge is -2.15. The predicted molar refractivity (Wildman–Crippen MR) is 94.0 cm³/mol. The standard InChI is InChI=1S/C19H12F3N5O/c1-3-15(19(20,21)22)26-18(28)16-17-25-14(8-11(2)27(17)10-24-16)13-7-5-4-6-12(13)9-23/h1,4-8,10,15H,2H3,(H,26,28)/t15-/m0/s1. The van der Waals surface area contributed by atoms with Crippen molar-refractivity contribution in [1.82, 2.24) is 19.7 Å². The zero-order chi connectivity index (χ0) is 20.5. The summed E-state index contributed by atoms with van der Waals surface area (Å²) in [6.45, 7) is 1.72. The molecule has 0 unspecified atom stereocenters. The van der Waals surface area contributed by atoms with Gasteiger partial charge < -0.3 is 5.32 Å². The van der Waals surface area contributed by atoms with Gasteiger partial charge in [0.15, 0.2) is 17.4 Å². The predicted octanol–water partition coefficient (Wildman–Crippen LogP) is 2.87. The average molecular weight is 383 g/mol. The van der Waals surface area contributed by atoms with E-state index in [0.29, 0.717) is 22.5 Å². The number of aryl methyl sites for hydroxylation is 1. The number of rotatable bonds is 3. The number of imidazole rings is 1. The minimum Gasteiger partial charge on any atom is -0.329 e. The maximum absolute atomic E-state index is 12.8. The Morgan fingerprint density at radius 1 is 1.36 bits per heavy atom. The van der Waals surface area contributed by atoms with Crippen molar-refractivity contribution >= 4 is 11.6 Å². The lowest BCUT2D eigenvalue weighted by Crippen LogP contribution is -2.44. The van der Waals surface area contributed by atoms with E-state index in [4.69, 9.17) is 6.42 Å². The van der Waals surface area contributed by atoms with Gasteiger partial charge in [-0.25, -0.2) is 9.97 Å². The minimum atomic E-state index is -4.79. The molecule has 9 heteroatoms. The lowest BCUT2D eigenvalue weighted by atomic mass is 10.0. The third kappa shape index (κ3) is 3.38. The van der Waals surface area contributed by atoms with E-state index in [-0.39, 0.29) is 11.3 Å². The second kappa shape index (κ2) is 7.05. The van der Waals surface area contributed by atoms with Crippen LogP contribution < -0.4 is 5.32 Å².